The second-order valence-corrected chi connectivity index (χ2v) is 5.52. The zero-order chi connectivity index (χ0) is 14.2. The summed E-state index contributed by atoms with van der Waals surface area (Å²) in [4.78, 5) is 12.0. The van der Waals surface area contributed by atoms with Crippen LogP contribution in [0.3, 0.4) is 0 Å². The molecule has 1 N–H and O–H groups in total. The fourth-order valence-electron chi connectivity index (χ4n) is 2.60. The Hall–Kier alpha value is -1.51. The summed E-state index contributed by atoms with van der Waals surface area (Å²) in [5.41, 5.74) is 2.36. The molecule has 1 aliphatic rings. The van der Waals surface area contributed by atoms with Crippen LogP contribution in [0, 0.1) is 5.92 Å². The van der Waals surface area contributed by atoms with Crippen LogP contribution in [0.1, 0.15) is 44.6 Å². The molecule has 1 unspecified atom stereocenters. The Balaban J connectivity index is 1.69. The van der Waals surface area contributed by atoms with Crippen LogP contribution in [0.2, 0.25) is 0 Å². The number of hydrogen-bond acceptors (Lipinski definition) is 3. The standard InChI is InChI=1S/C17H25NO2/c1-2-3-4-5-8-11-20-17(19)15-12-14-9-6-7-10-16(14)18-13-15/h6-7,9-10,15,18H,2-5,8,11-13H2,1H3. The van der Waals surface area contributed by atoms with E-state index in [0.717, 1.165) is 24.9 Å². The molecular formula is C17H25NO2. The first-order valence-corrected chi connectivity index (χ1v) is 7.79. The van der Waals surface area contributed by atoms with Crippen molar-refractivity contribution in [3.8, 4) is 0 Å². The first-order valence-electron chi connectivity index (χ1n) is 7.79. The van der Waals surface area contributed by atoms with Crippen molar-refractivity contribution >= 4 is 11.7 Å². The highest BCUT2D eigenvalue weighted by molar-refractivity contribution is 5.75. The zero-order valence-electron chi connectivity index (χ0n) is 12.4. The summed E-state index contributed by atoms with van der Waals surface area (Å²) in [6.07, 6.45) is 6.70. The SMILES string of the molecule is CCCCCCCOC(=O)C1CNc2ccccc2C1. The van der Waals surface area contributed by atoms with E-state index in [0.29, 0.717) is 13.2 Å². The highest BCUT2D eigenvalue weighted by atomic mass is 16.5. The fraction of sp³-hybridized carbons (Fsp3) is 0.588. The lowest BCUT2D eigenvalue weighted by molar-refractivity contribution is -0.148. The van der Waals surface area contributed by atoms with Crippen molar-refractivity contribution in [3.63, 3.8) is 0 Å². The molecule has 0 bridgehead atoms. The molecule has 110 valence electrons. The average Bonchev–Trinajstić information content (AvgIpc) is 2.50. The number of carbonyl (C=O) groups excluding carboxylic acids is 1. The molecule has 3 heteroatoms. The molecule has 1 aliphatic heterocycles. The van der Waals surface area contributed by atoms with Crippen molar-refractivity contribution in [1.29, 1.82) is 0 Å². The molecule has 0 radical (unpaired) electrons. The minimum Gasteiger partial charge on any atom is -0.465 e. The smallest absolute Gasteiger partial charge is 0.311 e. The number of esters is 1. The summed E-state index contributed by atoms with van der Waals surface area (Å²) in [7, 11) is 0. The van der Waals surface area contributed by atoms with E-state index in [4.69, 9.17) is 4.74 Å². The third kappa shape index (κ3) is 4.26. The topological polar surface area (TPSA) is 38.3 Å². The number of fused-ring (bicyclic) bond motifs is 1. The van der Waals surface area contributed by atoms with E-state index in [2.05, 4.69) is 24.4 Å². The third-order valence-electron chi connectivity index (χ3n) is 3.85. The van der Waals surface area contributed by atoms with Crippen LogP contribution in [-0.4, -0.2) is 19.1 Å². The maximum atomic E-state index is 12.0. The molecule has 0 amide bonds. The van der Waals surface area contributed by atoms with Gasteiger partial charge in [0.15, 0.2) is 0 Å². The fourth-order valence-corrected chi connectivity index (χ4v) is 2.60. The van der Waals surface area contributed by atoms with Crippen molar-refractivity contribution in [2.24, 2.45) is 5.92 Å². The van der Waals surface area contributed by atoms with E-state index in [1.807, 2.05) is 12.1 Å². The van der Waals surface area contributed by atoms with Crippen LogP contribution >= 0.6 is 0 Å². The van der Waals surface area contributed by atoms with E-state index in [-0.39, 0.29) is 11.9 Å². The molecule has 1 heterocycles. The lowest BCUT2D eigenvalue weighted by Crippen LogP contribution is -2.31. The molecule has 3 nitrogen and oxygen atoms in total. The van der Waals surface area contributed by atoms with Crippen LogP contribution in [0.5, 0.6) is 0 Å². The minimum absolute atomic E-state index is 0.0412. The summed E-state index contributed by atoms with van der Waals surface area (Å²) in [6, 6.07) is 8.17. The lowest BCUT2D eigenvalue weighted by Gasteiger charge is -2.24. The Kier molecular flexibility index (Phi) is 5.90. The molecule has 0 fully saturated rings. The molecular weight excluding hydrogens is 250 g/mol. The van der Waals surface area contributed by atoms with E-state index < -0.39 is 0 Å². The van der Waals surface area contributed by atoms with Crippen molar-refractivity contribution < 1.29 is 9.53 Å². The Bertz CT molecular complexity index is 431. The predicted molar refractivity (Wildman–Crippen MR) is 81.8 cm³/mol. The number of nitrogens with one attached hydrogen (secondary N) is 1. The summed E-state index contributed by atoms with van der Waals surface area (Å²) >= 11 is 0. The number of para-hydroxylation sites is 1. The van der Waals surface area contributed by atoms with Gasteiger partial charge >= 0.3 is 5.97 Å². The van der Waals surface area contributed by atoms with Gasteiger partial charge in [-0.05, 0) is 24.5 Å². The Morgan fingerprint density at radius 1 is 1.25 bits per heavy atom. The maximum absolute atomic E-state index is 12.0. The zero-order valence-corrected chi connectivity index (χ0v) is 12.4. The Labute approximate surface area is 121 Å². The highest BCUT2D eigenvalue weighted by Crippen LogP contribution is 2.24. The monoisotopic (exact) mass is 275 g/mol. The number of ether oxygens (including phenoxy) is 1. The van der Waals surface area contributed by atoms with Gasteiger partial charge in [0, 0.05) is 12.2 Å². The number of carbonyl (C=O) groups is 1. The first-order chi connectivity index (χ1) is 9.81. The van der Waals surface area contributed by atoms with Gasteiger partial charge in [0.25, 0.3) is 0 Å². The largest absolute Gasteiger partial charge is 0.465 e. The van der Waals surface area contributed by atoms with Crippen LogP contribution in [0.25, 0.3) is 0 Å². The van der Waals surface area contributed by atoms with Gasteiger partial charge in [0.1, 0.15) is 0 Å². The molecule has 0 saturated heterocycles. The normalized spacial score (nSPS) is 17.1. The van der Waals surface area contributed by atoms with Gasteiger partial charge in [-0.2, -0.15) is 0 Å². The van der Waals surface area contributed by atoms with Gasteiger partial charge < -0.3 is 10.1 Å². The van der Waals surface area contributed by atoms with Gasteiger partial charge in [-0.25, -0.2) is 0 Å². The summed E-state index contributed by atoms with van der Waals surface area (Å²) < 4.78 is 5.40. The highest BCUT2D eigenvalue weighted by Gasteiger charge is 2.25. The molecule has 0 saturated carbocycles. The van der Waals surface area contributed by atoms with Gasteiger partial charge in [-0.1, -0.05) is 50.8 Å². The summed E-state index contributed by atoms with van der Waals surface area (Å²) in [6.45, 7) is 3.46. The molecule has 1 aromatic carbocycles. The lowest BCUT2D eigenvalue weighted by atomic mass is 9.94. The molecule has 20 heavy (non-hydrogen) atoms. The van der Waals surface area contributed by atoms with Crippen LogP contribution in [-0.2, 0) is 16.0 Å². The third-order valence-corrected chi connectivity index (χ3v) is 3.85. The molecule has 0 spiro atoms. The molecule has 0 aromatic heterocycles. The molecule has 1 atom stereocenters. The van der Waals surface area contributed by atoms with E-state index in [1.54, 1.807) is 0 Å². The van der Waals surface area contributed by atoms with Crippen molar-refractivity contribution in [2.45, 2.75) is 45.4 Å². The predicted octanol–water partition coefficient (Wildman–Crippen LogP) is 3.78. The Morgan fingerprint density at radius 2 is 2.05 bits per heavy atom. The molecule has 2 rings (SSSR count). The minimum atomic E-state index is -0.0532. The average molecular weight is 275 g/mol. The molecule has 0 aliphatic carbocycles. The number of anilines is 1. The van der Waals surface area contributed by atoms with Crippen molar-refractivity contribution in [3.05, 3.63) is 29.8 Å². The van der Waals surface area contributed by atoms with Gasteiger partial charge in [-0.3, -0.25) is 4.79 Å². The van der Waals surface area contributed by atoms with E-state index >= 15 is 0 Å². The van der Waals surface area contributed by atoms with Gasteiger partial charge in [0.2, 0.25) is 0 Å². The number of rotatable bonds is 7. The number of hydrogen-bond donors (Lipinski definition) is 1. The quantitative estimate of drug-likeness (QED) is 0.608. The Morgan fingerprint density at radius 3 is 2.90 bits per heavy atom. The second-order valence-electron chi connectivity index (χ2n) is 5.52. The van der Waals surface area contributed by atoms with E-state index in [1.165, 1.54) is 24.8 Å². The summed E-state index contributed by atoms with van der Waals surface area (Å²) in [5.74, 6) is -0.0944. The summed E-state index contributed by atoms with van der Waals surface area (Å²) in [5, 5.41) is 3.31. The van der Waals surface area contributed by atoms with E-state index in [9.17, 15) is 4.79 Å². The molecule has 1 aromatic rings. The van der Waals surface area contributed by atoms with Crippen molar-refractivity contribution in [2.75, 3.05) is 18.5 Å². The van der Waals surface area contributed by atoms with Crippen LogP contribution < -0.4 is 5.32 Å². The van der Waals surface area contributed by atoms with Crippen molar-refractivity contribution in [1.82, 2.24) is 0 Å². The van der Waals surface area contributed by atoms with Crippen LogP contribution in [0.15, 0.2) is 24.3 Å². The van der Waals surface area contributed by atoms with Gasteiger partial charge in [0.05, 0.1) is 12.5 Å². The number of benzene rings is 1. The van der Waals surface area contributed by atoms with Crippen LogP contribution in [0.4, 0.5) is 5.69 Å². The maximum Gasteiger partial charge on any atom is 0.311 e. The first kappa shape index (κ1) is 14.9. The van der Waals surface area contributed by atoms with Gasteiger partial charge in [-0.15, -0.1) is 0 Å². The number of unbranched alkanes of at least 4 members (excludes halogenated alkanes) is 4. The second kappa shape index (κ2) is 7.93.